The molecule has 0 bridgehead atoms. The summed E-state index contributed by atoms with van der Waals surface area (Å²) in [6, 6.07) is 0. The molecule has 2 nitrogen and oxygen atoms in total. The number of hydrogen-bond acceptors (Lipinski definition) is 2. The average Bonchev–Trinajstić information content (AvgIpc) is 3.38. The van der Waals surface area contributed by atoms with Crippen LogP contribution < -0.4 is 0 Å². The van der Waals surface area contributed by atoms with Crippen molar-refractivity contribution in [1.29, 1.82) is 0 Å². The van der Waals surface area contributed by atoms with Crippen LogP contribution in [0.1, 0.15) is 209 Å². The normalized spacial score (nSPS) is 41.5. The van der Waals surface area contributed by atoms with Crippen LogP contribution in [0, 0.1) is 56.7 Å². The molecule has 276 valence electrons. The first-order chi connectivity index (χ1) is 22.8. The topological polar surface area (TPSA) is 26.3 Å². The largest absolute Gasteiger partial charge is 0.462 e. The summed E-state index contributed by atoms with van der Waals surface area (Å²) in [7, 11) is 0. The van der Waals surface area contributed by atoms with E-state index < -0.39 is 0 Å². The minimum atomic E-state index is 0.0432. The van der Waals surface area contributed by atoms with Crippen molar-refractivity contribution in [3.63, 3.8) is 0 Å². The van der Waals surface area contributed by atoms with Crippen molar-refractivity contribution >= 4 is 5.97 Å². The number of allylic oxidation sites excluding steroid dienone is 1. The fraction of sp³-hybridized carbons (Fsp3) is 0.935. The molecule has 0 saturated heterocycles. The molecule has 0 aliphatic heterocycles. The van der Waals surface area contributed by atoms with Gasteiger partial charge in [-0.3, -0.25) is 4.79 Å². The Labute approximate surface area is 299 Å². The Morgan fingerprint density at radius 1 is 0.604 bits per heavy atom. The molecule has 0 aromatic heterocycles. The Kier molecular flexibility index (Phi) is 12.4. The van der Waals surface area contributed by atoms with Gasteiger partial charge in [0.15, 0.2) is 0 Å². The average molecular weight is 665 g/mol. The molecular formula is C46H80O2. The predicted octanol–water partition coefficient (Wildman–Crippen LogP) is 14.1. The molecule has 5 rings (SSSR count). The summed E-state index contributed by atoms with van der Waals surface area (Å²) in [6.07, 6.45) is 31.5. The number of unbranched alkanes of at least 4 members (excludes halogenated alkanes) is 12. The fourth-order valence-corrected chi connectivity index (χ4v) is 14.5. The maximum atomic E-state index is 13.2. The second-order valence-corrected chi connectivity index (χ2v) is 20.1. The van der Waals surface area contributed by atoms with Crippen LogP contribution in [0.25, 0.3) is 0 Å². The van der Waals surface area contributed by atoms with E-state index in [1.54, 1.807) is 0 Å². The summed E-state index contributed by atoms with van der Waals surface area (Å²) in [5.74, 6) is 3.95. The first kappa shape index (κ1) is 38.4. The van der Waals surface area contributed by atoms with Crippen molar-refractivity contribution in [3.05, 3.63) is 12.2 Å². The van der Waals surface area contributed by atoms with E-state index in [9.17, 15) is 4.79 Å². The minimum Gasteiger partial charge on any atom is -0.462 e. The number of carbonyl (C=O) groups excluding carboxylic acids is 1. The summed E-state index contributed by atoms with van der Waals surface area (Å²) in [6.45, 7) is 24.9. The zero-order valence-electron chi connectivity index (χ0n) is 33.5. The molecule has 5 aliphatic rings. The molecule has 5 aliphatic carbocycles. The maximum Gasteiger partial charge on any atom is 0.306 e. The maximum absolute atomic E-state index is 13.2. The highest BCUT2D eigenvalue weighted by molar-refractivity contribution is 5.69. The van der Waals surface area contributed by atoms with Gasteiger partial charge in [0.25, 0.3) is 0 Å². The van der Waals surface area contributed by atoms with Crippen LogP contribution in [-0.4, -0.2) is 12.1 Å². The van der Waals surface area contributed by atoms with Gasteiger partial charge in [0.1, 0.15) is 6.10 Å². The molecule has 10 atom stereocenters. The second-order valence-electron chi connectivity index (χ2n) is 20.1. The van der Waals surface area contributed by atoms with Crippen LogP contribution in [0.2, 0.25) is 0 Å². The van der Waals surface area contributed by atoms with E-state index in [2.05, 4.69) is 62.0 Å². The molecule has 0 aromatic rings. The Morgan fingerprint density at radius 2 is 1.10 bits per heavy atom. The van der Waals surface area contributed by atoms with Crippen molar-refractivity contribution in [2.45, 2.75) is 216 Å². The summed E-state index contributed by atoms with van der Waals surface area (Å²) < 4.78 is 6.42. The van der Waals surface area contributed by atoms with Crippen molar-refractivity contribution in [2.24, 2.45) is 56.7 Å². The summed E-state index contributed by atoms with van der Waals surface area (Å²) in [5.41, 5.74) is 3.16. The predicted molar refractivity (Wildman–Crippen MR) is 205 cm³/mol. The molecule has 0 aromatic carbocycles. The lowest BCUT2D eigenvalue weighted by Crippen LogP contribution is -2.67. The SMILES string of the molecule is C=C(C)[C@@H]1CC[C@]2(C)[C@H]3CC[C@@H]4[C@@]5(C)CC[C@H](OC(=O)CCCCCCCCCCCCCCC)C(C)(C)[C@@H]5CC[C@@]4(C)[C@]3(C)CC[C@@H]12. The highest BCUT2D eigenvalue weighted by Crippen LogP contribution is 2.78. The molecule has 0 radical (unpaired) electrons. The van der Waals surface area contributed by atoms with Gasteiger partial charge in [-0.2, -0.15) is 0 Å². The molecule has 0 N–H and O–H groups in total. The number of carbonyl (C=O) groups is 1. The number of hydrogen-bond donors (Lipinski definition) is 0. The molecule has 0 spiro atoms. The summed E-state index contributed by atoms with van der Waals surface area (Å²) in [4.78, 5) is 13.2. The summed E-state index contributed by atoms with van der Waals surface area (Å²) >= 11 is 0. The molecule has 2 heteroatoms. The van der Waals surface area contributed by atoms with Crippen molar-refractivity contribution < 1.29 is 9.53 Å². The Balaban J connectivity index is 1.10. The number of rotatable bonds is 16. The van der Waals surface area contributed by atoms with Gasteiger partial charge >= 0.3 is 5.97 Å². The zero-order valence-corrected chi connectivity index (χ0v) is 33.5. The quantitative estimate of drug-likeness (QED) is 0.0932. The number of esters is 1. The van der Waals surface area contributed by atoms with Gasteiger partial charge < -0.3 is 4.74 Å². The third-order valence-electron chi connectivity index (χ3n) is 17.3. The smallest absolute Gasteiger partial charge is 0.306 e. The lowest BCUT2D eigenvalue weighted by Gasteiger charge is -2.73. The van der Waals surface area contributed by atoms with Crippen molar-refractivity contribution in [2.75, 3.05) is 0 Å². The minimum absolute atomic E-state index is 0.0432. The summed E-state index contributed by atoms with van der Waals surface area (Å²) in [5, 5.41) is 0. The van der Waals surface area contributed by atoms with E-state index in [4.69, 9.17) is 4.74 Å². The Bertz CT molecular complexity index is 1090. The van der Waals surface area contributed by atoms with Crippen LogP contribution in [0.5, 0.6) is 0 Å². The molecular weight excluding hydrogens is 585 g/mol. The monoisotopic (exact) mass is 665 g/mol. The van der Waals surface area contributed by atoms with Crippen molar-refractivity contribution in [1.82, 2.24) is 0 Å². The van der Waals surface area contributed by atoms with Crippen LogP contribution in [-0.2, 0) is 9.53 Å². The van der Waals surface area contributed by atoms with Gasteiger partial charge in [-0.05, 0) is 129 Å². The zero-order chi connectivity index (χ0) is 34.8. The molecule has 0 amide bonds. The third-order valence-corrected chi connectivity index (χ3v) is 17.3. The lowest BCUT2D eigenvalue weighted by molar-refractivity contribution is -0.253. The highest BCUT2D eigenvalue weighted by atomic mass is 16.5. The van der Waals surface area contributed by atoms with Gasteiger partial charge in [-0.15, -0.1) is 0 Å². The Hall–Kier alpha value is -0.790. The number of ether oxygens (including phenoxy) is 1. The van der Waals surface area contributed by atoms with Crippen LogP contribution in [0.15, 0.2) is 12.2 Å². The van der Waals surface area contributed by atoms with Crippen molar-refractivity contribution in [3.8, 4) is 0 Å². The van der Waals surface area contributed by atoms with E-state index in [-0.39, 0.29) is 17.5 Å². The first-order valence-electron chi connectivity index (χ1n) is 21.6. The van der Waals surface area contributed by atoms with Gasteiger partial charge in [0, 0.05) is 11.8 Å². The van der Waals surface area contributed by atoms with Gasteiger partial charge in [-0.1, -0.05) is 138 Å². The molecule has 48 heavy (non-hydrogen) atoms. The van der Waals surface area contributed by atoms with Crippen LogP contribution in [0.3, 0.4) is 0 Å². The fourth-order valence-electron chi connectivity index (χ4n) is 14.5. The third kappa shape index (κ3) is 7.02. The Morgan fingerprint density at radius 3 is 1.67 bits per heavy atom. The highest BCUT2D eigenvalue weighted by Gasteiger charge is 2.71. The number of fused-ring (bicyclic) bond motifs is 7. The molecule has 5 fully saturated rings. The van der Waals surface area contributed by atoms with Gasteiger partial charge in [0.05, 0.1) is 0 Å². The second kappa shape index (κ2) is 15.4. The van der Waals surface area contributed by atoms with E-state index >= 15 is 0 Å². The van der Waals surface area contributed by atoms with E-state index in [1.807, 2.05) is 0 Å². The van der Waals surface area contributed by atoms with Gasteiger partial charge in [-0.25, -0.2) is 0 Å². The molecule has 0 unspecified atom stereocenters. The van der Waals surface area contributed by atoms with E-state index in [1.165, 1.54) is 140 Å². The van der Waals surface area contributed by atoms with Crippen LogP contribution in [0.4, 0.5) is 0 Å². The van der Waals surface area contributed by atoms with Crippen LogP contribution >= 0.6 is 0 Å². The molecule has 0 heterocycles. The first-order valence-corrected chi connectivity index (χ1v) is 21.6. The standard InChI is InChI=1S/C46H80O2/c1-10-11-12-13-14-15-16-17-18-19-20-21-22-23-41(47)48-40-29-31-44(7)37(42(40,4)5)28-33-46(9)39(44)25-24-38-43(6)30-26-35(34(2)3)36(43)27-32-45(38,46)8/h35-40H,2,10-33H2,1,3-9H3/t35-,36-,37-,38+,39+,40-,43-,44-,45+,46+/m0/s1. The van der Waals surface area contributed by atoms with Gasteiger partial charge in [0.2, 0.25) is 0 Å². The molecule has 5 saturated carbocycles. The van der Waals surface area contributed by atoms with E-state index in [0.717, 1.165) is 36.5 Å². The van der Waals surface area contributed by atoms with E-state index in [0.29, 0.717) is 34.0 Å². The lowest BCUT2D eigenvalue weighted by atomic mass is 9.32.